The van der Waals surface area contributed by atoms with Crippen molar-refractivity contribution in [3.63, 3.8) is 0 Å². The van der Waals surface area contributed by atoms with Crippen LogP contribution >= 0.6 is 0 Å². The molecular formula is C21H30N2O5. The maximum Gasteiger partial charge on any atom is 0.256 e. The Morgan fingerprint density at radius 2 is 1.89 bits per heavy atom. The molecule has 0 spiro atoms. The van der Waals surface area contributed by atoms with Gasteiger partial charge in [-0.05, 0) is 44.6 Å². The molecule has 5 N–H and O–H groups in total. The van der Waals surface area contributed by atoms with E-state index in [0.29, 0.717) is 25.1 Å². The van der Waals surface area contributed by atoms with Gasteiger partial charge in [0.2, 0.25) is 0 Å². The summed E-state index contributed by atoms with van der Waals surface area (Å²) in [7, 11) is 0. The highest BCUT2D eigenvalue weighted by molar-refractivity contribution is 6.01. The lowest BCUT2D eigenvalue weighted by molar-refractivity contribution is 0.0789. The second-order valence-electron chi connectivity index (χ2n) is 6.59. The number of allylic oxidation sites excluding steroid dienone is 2. The predicted octanol–water partition coefficient (Wildman–Crippen LogP) is 3.50. The normalized spacial score (nSPS) is 12.0. The molecule has 0 radical (unpaired) electrons. The summed E-state index contributed by atoms with van der Waals surface area (Å²) >= 11 is 0. The topological polar surface area (TPSA) is 113 Å². The quantitative estimate of drug-likeness (QED) is 0.225. The first-order valence-corrected chi connectivity index (χ1v) is 9.10. The number of nitrogens with zero attached hydrogens (tertiary/aromatic N) is 1. The van der Waals surface area contributed by atoms with Crippen molar-refractivity contribution in [2.45, 2.75) is 26.7 Å². The van der Waals surface area contributed by atoms with E-state index in [1.54, 1.807) is 12.1 Å². The van der Waals surface area contributed by atoms with Crippen LogP contribution < -0.4 is 5.32 Å². The van der Waals surface area contributed by atoms with Gasteiger partial charge in [-0.25, -0.2) is 0 Å². The molecule has 1 aromatic rings. The lowest BCUT2D eigenvalue weighted by Gasteiger charge is -2.22. The van der Waals surface area contributed by atoms with Gasteiger partial charge in [0.25, 0.3) is 5.91 Å². The first-order valence-electron chi connectivity index (χ1n) is 9.10. The summed E-state index contributed by atoms with van der Waals surface area (Å²) < 4.78 is 0. The van der Waals surface area contributed by atoms with E-state index < -0.39 is 0 Å². The SMILES string of the molecule is C=C(C)CNc1c(O)cccc1C(=O)N(C/C=C(\O)CCCO)C/C=C(\C)O. The number of aliphatic hydroxyl groups is 3. The number of nitrogens with one attached hydrogen (secondary N) is 1. The summed E-state index contributed by atoms with van der Waals surface area (Å²) in [6, 6.07) is 4.66. The van der Waals surface area contributed by atoms with E-state index in [4.69, 9.17) is 5.11 Å². The van der Waals surface area contributed by atoms with Crippen LogP contribution in [-0.4, -0.2) is 57.5 Å². The molecule has 0 unspecified atom stereocenters. The number of carbonyl (C=O) groups is 1. The molecule has 0 saturated heterocycles. The largest absolute Gasteiger partial charge is 0.513 e. The van der Waals surface area contributed by atoms with Crippen molar-refractivity contribution in [1.29, 1.82) is 0 Å². The average molecular weight is 390 g/mol. The minimum Gasteiger partial charge on any atom is -0.513 e. The number of anilines is 1. The summed E-state index contributed by atoms with van der Waals surface area (Å²) in [4.78, 5) is 14.5. The maximum atomic E-state index is 13.1. The minimum atomic E-state index is -0.371. The second-order valence-corrected chi connectivity index (χ2v) is 6.59. The van der Waals surface area contributed by atoms with Gasteiger partial charge >= 0.3 is 0 Å². The molecule has 0 bridgehead atoms. The molecule has 0 aliphatic heterocycles. The number of benzene rings is 1. The highest BCUT2D eigenvalue weighted by Crippen LogP contribution is 2.28. The summed E-state index contributed by atoms with van der Waals surface area (Å²) in [6.45, 7) is 7.73. The molecule has 1 amide bonds. The van der Waals surface area contributed by atoms with Crippen LogP contribution in [0.3, 0.4) is 0 Å². The number of phenolic OH excluding ortho intramolecular Hbond substituents is 1. The van der Waals surface area contributed by atoms with Gasteiger partial charge in [-0.15, -0.1) is 0 Å². The van der Waals surface area contributed by atoms with Crippen LogP contribution in [0.25, 0.3) is 0 Å². The van der Waals surface area contributed by atoms with Crippen molar-refractivity contribution < 1.29 is 25.2 Å². The number of hydrogen-bond donors (Lipinski definition) is 5. The number of carbonyl (C=O) groups excluding carboxylic acids is 1. The Morgan fingerprint density at radius 1 is 1.21 bits per heavy atom. The van der Waals surface area contributed by atoms with E-state index >= 15 is 0 Å². The lowest BCUT2D eigenvalue weighted by atomic mass is 10.1. The fourth-order valence-corrected chi connectivity index (χ4v) is 2.37. The molecule has 0 atom stereocenters. The molecule has 0 saturated carbocycles. The van der Waals surface area contributed by atoms with Crippen LogP contribution in [0.4, 0.5) is 5.69 Å². The summed E-state index contributed by atoms with van der Waals surface area (Å²) in [6.07, 6.45) is 3.72. The van der Waals surface area contributed by atoms with Crippen LogP contribution in [0.2, 0.25) is 0 Å². The summed E-state index contributed by atoms with van der Waals surface area (Å²) in [5, 5.41) is 41.4. The Balaban J connectivity index is 3.13. The molecule has 7 heteroatoms. The van der Waals surface area contributed by atoms with Gasteiger partial charge < -0.3 is 30.6 Å². The van der Waals surface area contributed by atoms with E-state index in [1.165, 1.54) is 30.0 Å². The van der Waals surface area contributed by atoms with E-state index in [2.05, 4.69) is 11.9 Å². The Bertz CT molecular complexity index is 736. The Kier molecular flexibility index (Phi) is 9.67. The van der Waals surface area contributed by atoms with Crippen molar-refractivity contribution in [3.8, 4) is 5.75 Å². The van der Waals surface area contributed by atoms with Crippen molar-refractivity contribution in [1.82, 2.24) is 4.90 Å². The fraction of sp³-hybridized carbons (Fsp3) is 0.381. The third kappa shape index (κ3) is 7.75. The van der Waals surface area contributed by atoms with E-state index in [9.17, 15) is 20.1 Å². The van der Waals surface area contributed by atoms with Gasteiger partial charge in [0.15, 0.2) is 0 Å². The van der Waals surface area contributed by atoms with Crippen LogP contribution in [0, 0.1) is 0 Å². The highest BCUT2D eigenvalue weighted by Gasteiger charge is 2.20. The zero-order valence-corrected chi connectivity index (χ0v) is 16.5. The van der Waals surface area contributed by atoms with Crippen LogP contribution in [0.15, 0.2) is 54.0 Å². The first kappa shape index (κ1) is 23.1. The van der Waals surface area contributed by atoms with Gasteiger partial charge in [0.1, 0.15) is 5.75 Å². The number of aromatic hydroxyl groups is 1. The predicted molar refractivity (Wildman–Crippen MR) is 111 cm³/mol. The van der Waals surface area contributed by atoms with Crippen molar-refractivity contribution >= 4 is 11.6 Å². The summed E-state index contributed by atoms with van der Waals surface area (Å²) in [5.74, 6) is -0.276. The van der Waals surface area contributed by atoms with Gasteiger partial charge in [-0.1, -0.05) is 18.2 Å². The van der Waals surface area contributed by atoms with Crippen LogP contribution in [0.1, 0.15) is 37.0 Å². The molecule has 0 aliphatic carbocycles. The van der Waals surface area contributed by atoms with Crippen LogP contribution in [0.5, 0.6) is 5.75 Å². The zero-order chi connectivity index (χ0) is 21.1. The number of para-hydroxylation sites is 1. The molecule has 0 heterocycles. The number of amides is 1. The molecule has 154 valence electrons. The van der Waals surface area contributed by atoms with Crippen molar-refractivity contribution in [3.05, 3.63) is 59.6 Å². The number of hydrogen-bond acceptors (Lipinski definition) is 6. The Labute approximate surface area is 165 Å². The first-order chi connectivity index (χ1) is 13.3. The molecule has 7 nitrogen and oxygen atoms in total. The average Bonchev–Trinajstić information content (AvgIpc) is 2.64. The lowest BCUT2D eigenvalue weighted by Crippen LogP contribution is -2.32. The van der Waals surface area contributed by atoms with E-state index in [-0.39, 0.29) is 48.4 Å². The standard InChI is InChI=1S/C21H30N2O5/c1-15(2)14-22-20-18(7-4-8-19(20)27)21(28)23(11-9-16(3)25)12-10-17(26)6-5-13-24/h4,7-10,22,24-27H,1,5-6,11-14H2,2-3H3/b16-9+,17-10-. The Hall–Kier alpha value is -2.93. The molecule has 0 fully saturated rings. The van der Waals surface area contributed by atoms with Gasteiger partial charge in [0, 0.05) is 32.7 Å². The minimum absolute atomic E-state index is 0.0337. The molecule has 1 aromatic carbocycles. The number of aliphatic hydroxyl groups excluding tert-OH is 3. The van der Waals surface area contributed by atoms with Gasteiger partial charge in [-0.2, -0.15) is 0 Å². The van der Waals surface area contributed by atoms with E-state index in [0.717, 1.165) is 5.57 Å². The van der Waals surface area contributed by atoms with E-state index in [1.807, 2.05) is 6.92 Å². The number of rotatable bonds is 11. The second kappa shape index (κ2) is 11.7. The Morgan fingerprint density at radius 3 is 2.50 bits per heavy atom. The molecular weight excluding hydrogens is 360 g/mol. The smallest absolute Gasteiger partial charge is 0.256 e. The van der Waals surface area contributed by atoms with Crippen LogP contribution in [-0.2, 0) is 0 Å². The third-order valence-corrected chi connectivity index (χ3v) is 3.87. The number of phenols is 1. The third-order valence-electron chi connectivity index (χ3n) is 3.87. The zero-order valence-electron chi connectivity index (χ0n) is 16.5. The fourth-order valence-electron chi connectivity index (χ4n) is 2.37. The van der Waals surface area contributed by atoms with Gasteiger partial charge in [0.05, 0.1) is 22.8 Å². The maximum absolute atomic E-state index is 13.1. The molecule has 0 aromatic heterocycles. The molecule has 28 heavy (non-hydrogen) atoms. The highest BCUT2D eigenvalue weighted by atomic mass is 16.3. The summed E-state index contributed by atoms with van der Waals surface area (Å²) in [5.41, 5.74) is 1.42. The molecule has 0 aliphatic rings. The van der Waals surface area contributed by atoms with Gasteiger partial charge in [-0.3, -0.25) is 4.79 Å². The molecule has 1 rings (SSSR count). The monoisotopic (exact) mass is 390 g/mol. The van der Waals surface area contributed by atoms with Crippen molar-refractivity contribution in [2.24, 2.45) is 0 Å². The van der Waals surface area contributed by atoms with Crippen molar-refractivity contribution in [2.75, 3.05) is 31.6 Å².